The van der Waals surface area contributed by atoms with Crippen LogP contribution in [0.15, 0.2) is 18.2 Å². The highest BCUT2D eigenvalue weighted by Gasteiger charge is 2.50. The Hall–Kier alpha value is -0.820. The van der Waals surface area contributed by atoms with Gasteiger partial charge in [0, 0.05) is 16.5 Å². The van der Waals surface area contributed by atoms with Crippen LogP contribution in [0.1, 0.15) is 48.0 Å². The number of hydrogen-bond donors (Lipinski definition) is 0. The van der Waals surface area contributed by atoms with E-state index >= 15 is 0 Å². The molecule has 0 N–H and O–H groups in total. The van der Waals surface area contributed by atoms with Crippen LogP contribution in [0.2, 0.25) is 5.02 Å². The Labute approximate surface area is 125 Å². The van der Waals surface area contributed by atoms with Crippen LogP contribution in [0.3, 0.4) is 0 Å². The lowest BCUT2D eigenvalue weighted by Crippen LogP contribution is -2.48. The van der Waals surface area contributed by atoms with E-state index in [1.54, 1.807) is 0 Å². The predicted molar refractivity (Wildman–Crippen MR) is 81.1 cm³/mol. The van der Waals surface area contributed by atoms with Gasteiger partial charge in [0.05, 0.1) is 0 Å². The maximum Gasteiger partial charge on any atom is 0.166 e. The number of carbonyl (C=O) groups excluding carboxylic acids is 1. The third-order valence-corrected chi connectivity index (χ3v) is 6.39. The van der Waals surface area contributed by atoms with Gasteiger partial charge in [-0.2, -0.15) is 0 Å². The van der Waals surface area contributed by atoms with E-state index in [1.807, 2.05) is 25.1 Å². The molecular formula is C18H21ClO. The predicted octanol–water partition coefficient (Wildman–Crippen LogP) is 4.90. The maximum atomic E-state index is 12.9. The van der Waals surface area contributed by atoms with E-state index in [9.17, 15) is 4.79 Å². The molecule has 0 heterocycles. The molecule has 0 spiro atoms. The summed E-state index contributed by atoms with van der Waals surface area (Å²) in [4.78, 5) is 12.9. The van der Waals surface area contributed by atoms with Gasteiger partial charge in [0.25, 0.3) is 0 Å². The van der Waals surface area contributed by atoms with Gasteiger partial charge in [0.1, 0.15) is 0 Å². The van der Waals surface area contributed by atoms with Gasteiger partial charge in [-0.05, 0) is 74.3 Å². The van der Waals surface area contributed by atoms with Crippen molar-refractivity contribution in [3.8, 4) is 0 Å². The molecule has 0 unspecified atom stereocenters. The minimum atomic E-state index is 0.279. The Bertz CT molecular complexity index is 535. The summed E-state index contributed by atoms with van der Waals surface area (Å²) in [7, 11) is 0. The zero-order chi connectivity index (χ0) is 13.9. The third-order valence-electron chi connectivity index (χ3n) is 5.99. The minimum absolute atomic E-state index is 0.279. The number of rotatable bonds is 2. The van der Waals surface area contributed by atoms with Crippen LogP contribution in [-0.2, 0) is 0 Å². The molecule has 1 aromatic rings. The van der Waals surface area contributed by atoms with Crippen LogP contribution >= 0.6 is 11.6 Å². The van der Waals surface area contributed by atoms with Crippen molar-refractivity contribution in [1.82, 2.24) is 0 Å². The van der Waals surface area contributed by atoms with Crippen molar-refractivity contribution in [2.24, 2.45) is 29.6 Å². The summed E-state index contributed by atoms with van der Waals surface area (Å²) in [5.74, 6) is 3.78. The molecule has 4 fully saturated rings. The molecule has 4 aliphatic rings. The molecule has 1 nitrogen and oxygen atoms in total. The summed E-state index contributed by atoms with van der Waals surface area (Å²) in [6, 6.07) is 5.82. The second-order valence-electron chi connectivity index (χ2n) is 7.28. The highest BCUT2D eigenvalue weighted by molar-refractivity contribution is 6.31. The molecule has 2 heteroatoms. The Morgan fingerprint density at radius 2 is 1.65 bits per heavy atom. The van der Waals surface area contributed by atoms with E-state index in [0.29, 0.717) is 17.6 Å². The standard InChI is InChI=1S/C18H21ClO/c1-10-2-3-13(9-16(10)19)18(20)17-14-5-11-4-12(7-14)8-15(17)6-11/h2-3,9,11-12,14-15,17H,4-8H2,1H3. The number of benzene rings is 1. The molecule has 20 heavy (non-hydrogen) atoms. The van der Waals surface area contributed by atoms with Crippen molar-refractivity contribution in [3.05, 3.63) is 34.3 Å². The number of carbonyl (C=O) groups is 1. The van der Waals surface area contributed by atoms with E-state index < -0.39 is 0 Å². The van der Waals surface area contributed by atoms with Crippen LogP contribution in [0.4, 0.5) is 0 Å². The number of aryl methyl sites for hydroxylation is 1. The largest absolute Gasteiger partial charge is 0.294 e. The van der Waals surface area contributed by atoms with E-state index in [-0.39, 0.29) is 5.92 Å². The molecule has 0 amide bonds. The molecule has 0 aliphatic heterocycles. The van der Waals surface area contributed by atoms with Gasteiger partial charge in [0.2, 0.25) is 0 Å². The molecule has 0 aromatic heterocycles. The van der Waals surface area contributed by atoms with E-state index in [2.05, 4.69) is 0 Å². The fourth-order valence-electron chi connectivity index (χ4n) is 5.29. The lowest BCUT2D eigenvalue weighted by molar-refractivity contribution is -0.0251. The Morgan fingerprint density at radius 1 is 1.05 bits per heavy atom. The number of hydrogen-bond acceptors (Lipinski definition) is 1. The SMILES string of the molecule is Cc1ccc(C(=O)C2C3CC4CC(C3)CC2C4)cc1Cl. The van der Waals surface area contributed by atoms with Crippen molar-refractivity contribution >= 4 is 17.4 Å². The molecular weight excluding hydrogens is 268 g/mol. The Balaban J connectivity index is 1.63. The molecule has 4 bridgehead atoms. The van der Waals surface area contributed by atoms with Gasteiger partial charge in [0.15, 0.2) is 5.78 Å². The Morgan fingerprint density at radius 3 is 2.20 bits per heavy atom. The van der Waals surface area contributed by atoms with E-state index in [0.717, 1.165) is 28.0 Å². The van der Waals surface area contributed by atoms with E-state index in [1.165, 1.54) is 32.1 Å². The molecule has 106 valence electrons. The smallest absolute Gasteiger partial charge is 0.166 e. The van der Waals surface area contributed by atoms with Crippen molar-refractivity contribution in [2.75, 3.05) is 0 Å². The summed E-state index contributed by atoms with van der Waals surface area (Å²) in [5, 5.41) is 0.722. The first-order chi connectivity index (χ1) is 9.61. The van der Waals surface area contributed by atoms with E-state index in [4.69, 9.17) is 11.6 Å². The van der Waals surface area contributed by atoms with Gasteiger partial charge in [-0.25, -0.2) is 0 Å². The van der Waals surface area contributed by atoms with Gasteiger partial charge >= 0.3 is 0 Å². The number of Topliss-reactive ketones (excluding diaryl/α,β-unsaturated/α-hetero) is 1. The lowest BCUT2D eigenvalue weighted by Gasteiger charge is -2.53. The minimum Gasteiger partial charge on any atom is -0.294 e. The molecule has 0 saturated heterocycles. The molecule has 0 atom stereocenters. The molecule has 5 rings (SSSR count). The highest BCUT2D eigenvalue weighted by Crippen LogP contribution is 2.57. The van der Waals surface area contributed by atoms with Gasteiger partial charge in [-0.15, -0.1) is 0 Å². The van der Waals surface area contributed by atoms with Crippen LogP contribution in [-0.4, -0.2) is 5.78 Å². The average Bonchev–Trinajstić information content (AvgIpc) is 2.40. The quantitative estimate of drug-likeness (QED) is 0.707. The third kappa shape index (κ3) is 1.94. The van der Waals surface area contributed by atoms with Crippen LogP contribution in [0.5, 0.6) is 0 Å². The van der Waals surface area contributed by atoms with Crippen molar-refractivity contribution < 1.29 is 4.79 Å². The zero-order valence-electron chi connectivity index (χ0n) is 11.9. The molecule has 0 radical (unpaired) electrons. The monoisotopic (exact) mass is 288 g/mol. The number of ketones is 1. The topological polar surface area (TPSA) is 17.1 Å². The first kappa shape index (κ1) is 12.9. The summed E-state index contributed by atoms with van der Waals surface area (Å²) in [5.41, 5.74) is 1.88. The van der Waals surface area contributed by atoms with Crippen LogP contribution < -0.4 is 0 Å². The number of halogens is 1. The summed E-state index contributed by atoms with van der Waals surface area (Å²) in [6.07, 6.45) is 6.61. The van der Waals surface area contributed by atoms with Crippen molar-refractivity contribution in [1.29, 1.82) is 0 Å². The van der Waals surface area contributed by atoms with Gasteiger partial charge < -0.3 is 0 Å². The average molecular weight is 289 g/mol. The summed E-state index contributed by atoms with van der Waals surface area (Å²) >= 11 is 6.20. The van der Waals surface area contributed by atoms with Crippen molar-refractivity contribution in [2.45, 2.75) is 39.0 Å². The Kier molecular flexibility index (Phi) is 2.96. The zero-order valence-corrected chi connectivity index (χ0v) is 12.7. The van der Waals surface area contributed by atoms with Crippen LogP contribution in [0.25, 0.3) is 0 Å². The highest BCUT2D eigenvalue weighted by atomic mass is 35.5. The van der Waals surface area contributed by atoms with Crippen molar-refractivity contribution in [3.63, 3.8) is 0 Å². The summed E-state index contributed by atoms with van der Waals surface area (Å²) < 4.78 is 0. The van der Waals surface area contributed by atoms with Gasteiger partial charge in [-0.1, -0.05) is 23.7 Å². The molecule has 1 aromatic carbocycles. The van der Waals surface area contributed by atoms with Gasteiger partial charge in [-0.3, -0.25) is 4.79 Å². The fourth-order valence-corrected chi connectivity index (χ4v) is 5.47. The lowest BCUT2D eigenvalue weighted by atomic mass is 9.51. The first-order valence-corrected chi connectivity index (χ1v) is 8.30. The molecule has 4 saturated carbocycles. The second-order valence-corrected chi connectivity index (χ2v) is 7.69. The second kappa shape index (κ2) is 4.59. The maximum absolute atomic E-state index is 12.9. The van der Waals surface area contributed by atoms with Crippen LogP contribution in [0, 0.1) is 36.5 Å². The molecule has 4 aliphatic carbocycles. The normalized spacial score (nSPS) is 38.2. The fraction of sp³-hybridized carbons (Fsp3) is 0.611. The first-order valence-electron chi connectivity index (χ1n) is 7.92. The summed E-state index contributed by atoms with van der Waals surface area (Å²) in [6.45, 7) is 1.99.